The number of thioether (sulfide) groups is 1. The second-order valence-electron chi connectivity index (χ2n) is 6.25. The van der Waals surface area contributed by atoms with E-state index in [9.17, 15) is 9.59 Å². The van der Waals surface area contributed by atoms with E-state index in [1.807, 2.05) is 26.8 Å². The minimum absolute atomic E-state index is 0.0733. The van der Waals surface area contributed by atoms with Crippen LogP contribution in [-0.4, -0.2) is 42.4 Å². The smallest absolute Gasteiger partial charge is 0.269 e. The lowest BCUT2D eigenvalue weighted by Gasteiger charge is -2.17. The van der Waals surface area contributed by atoms with Gasteiger partial charge in [-0.2, -0.15) is 10.1 Å². The van der Waals surface area contributed by atoms with Crippen molar-refractivity contribution in [3.63, 3.8) is 0 Å². The van der Waals surface area contributed by atoms with Crippen LogP contribution in [0.15, 0.2) is 40.5 Å². The molecule has 0 unspecified atom stereocenters. The average Bonchev–Trinajstić information content (AvgIpc) is 3.14. The van der Waals surface area contributed by atoms with Gasteiger partial charge in [-0.25, -0.2) is 14.6 Å². The maximum absolute atomic E-state index is 12.9. The number of nitrogens with one attached hydrogen (secondary N) is 2. The normalized spacial score (nSPS) is 12.5. The lowest BCUT2D eigenvalue weighted by molar-refractivity contribution is -0.119. The number of rotatable bonds is 6. The van der Waals surface area contributed by atoms with E-state index in [0.29, 0.717) is 22.0 Å². The molecule has 0 bridgehead atoms. The summed E-state index contributed by atoms with van der Waals surface area (Å²) in [4.78, 5) is 33.7. The third-order valence-electron chi connectivity index (χ3n) is 4.08. The second kappa shape index (κ2) is 7.69. The first-order valence-corrected chi connectivity index (χ1v) is 9.25. The average molecular weight is 372 g/mol. The highest BCUT2D eigenvalue weighted by Gasteiger charge is 2.17. The number of hydrogen-bond acceptors (Lipinski definition) is 6. The van der Waals surface area contributed by atoms with Gasteiger partial charge < -0.3 is 5.32 Å². The molecule has 1 amide bonds. The molecule has 0 saturated heterocycles. The number of benzene rings is 1. The predicted octanol–water partition coefficient (Wildman–Crippen LogP) is 1.76. The molecule has 0 saturated carbocycles. The highest BCUT2D eigenvalue weighted by atomic mass is 32.2. The first-order chi connectivity index (χ1) is 12.5. The molecule has 2 heterocycles. The van der Waals surface area contributed by atoms with Crippen LogP contribution in [0.2, 0.25) is 0 Å². The van der Waals surface area contributed by atoms with Crippen molar-refractivity contribution in [2.75, 3.05) is 5.75 Å². The summed E-state index contributed by atoms with van der Waals surface area (Å²) in [5.41, 5.74) is 0.317. The van der Waals surface area contributed by atoms with E-state index in [1.54, 1.807) is 18.2 Å². The number of H-pyrrole nitrogens is 1. The Kier molecular flexibility index (Phi) is 5.36. The Morgan fingerprint density at radius 2 is 2.08 bits per heavy atom. The van der Waals surface area contributed by atoms with Gasteiger partial charge in [0.1, 0.15) is 6.33 Å². The van der Waals surface area contributed by atoms with Gasteiger partial charge >= 0.3 is 0 Å². The Bertz CT molecular complexity index is 967. The van der Waals surface area contributed by atoms with Gasteiger partial charge in [-0.1, -0.05) is 37.7 Å². The number of amides is 1. The molecule has 2 N–H and O–H groups in total. The van der Waals surface area contributed by atoms with Crippen LogP contribution in [0, 0.1) is 5.92 Å². The molecule has 0 fully saturated rings. The van der Waals surface area contributed by atoms with Crippen molar-refractivity contribution < 1.29 is 4.79 Å². The van der Waals surface area contributed by atoms with Crippen LogP contribution in [0.3, 0.4) is 0 Å². The summed E-state index contributed by atoms with van der Waals surface area (Å²) in [6.07, 6.45) is 1.32. The van der Waals surface area contributed by atoms with E-state index in [0.717, 1.165) is 0 Å². The van der Waals surface area contributed by atoms with Crippen LogP contribution in [0.25, 0.3) is 16.9 Å². The minimum atomic E-state index is -0.259. The van der Waals surface area contributed by atoms with E-state index >= 15 is 0 Å². The predicted molar refractivity (Wildman–Crippen MR) is 100 cm³/mol. The van der Waals surface area contributed by atoms with Gasteiger partial charge in [0, 0.05) is 6.04 Å². The summed E-state index contributed by atoms with van der Waals surface area (Å²) in [5.74, 6) is 0.653. The Hall–Kier alpha value is -2.68. The second-order valence-corrected chi connectivity index (χ2v) is 7.19. The lowest BCUT2D eigenvalue weighted by Crippen LogP contribution is -2.37. The van der Waals surface area contributed by atoms with Crippen molar-refractivity contribution in [1.29, 1.82) is 0 Å². The van der Waals surface area contributed by atoms with Gasteiger partial charge in [-0.05, 0) is 25.0 Å². The first kappa shape index (κ1) is 18.1. The van der Waals surface area contributed by atoms with E-state index in [-0.39, 0.29) is 29.2 Å². The molecule has 0 aliphatic carbocycles. The molecule has 0 aliphatic rings. The van der Waals surface area contributed by atoms with E-state index in [1.165, 1.54) is 22.7 Å². The van der Waals surface area contributed by atoms with Crippen molar-refractivity contribution in [2.45, 2.75) is 32.0 Å². The van der Waals surface area contributed by atoms with Gasteiger partial charge in [0.05, 0.1) is 16.7 Å². The third kappa shape index (κ3) is 3.77. The topological polar surface area (TPSA) is 106 Å². The van der Waals surface area contributed by atoms with Crippen molar-refractivity contribution >= 4 is 28.6 Å². The van der Waals surface area contributed by atoms with E-state index in [4.69, 9.17) is 0 Å². The summed E-state index contributed by atoms with van der Waals surface area (Å²) in [6.45, 7) is 6.06. The largest absolute Gasteiger partial charge is 0.353 e. The van der Waals surface area contributed by atoms with Gasteiger partial charge in [-0.3, -0.25) is 9.59 Å². The standard InChI is InChI=1S/C17H20N6O2S/c1-10(2)11(3)20-14(24)8-26-17-21-13-7-5-4-6-12(13)15(25)23(17)16-18-9-19-22-16/h4-7,9-11H,8H2,1-3H3,(H,20,24)(H,18,19,22)/t11-/m1/s1. The summed E-state index contributed by atoms with van der Waals surface area (Å²) in [5, 5.41) is 10.3. The van der Waals surface area contributed by atoms with Crippen LogP contribution in [0.4, 0.5) is 0 Å². The van der Waals surface area contributed by atoms with E-state index in [2.05, 4.69) is 25.5 Å². The number of nitrogens with zero attached hydrogens (tertiary/aromatic N) is 4. The number of carbonyl (C=O) groups is 1. The maximum Gasteiger partial charge on any atom is 0.269 e. The van der Waals surface area contributed by atoms with Crippen LogP contribution < -0.4 is 10.9 Å². The zero-order chi connectivity index (χ0) is 18.7. The molecule has 8 nitrogen and oxygen atoms in total. The Labute approximate surface area is 154 Å². The molecule has 3 aromatic rings. The van der Waals surface area contributed by atoms with Gasteiger partial charge in [0.15, 0.2) is 5.16 Å². The molecule has 1 atom stereocenters. The molecule has 2 aromatic heterocycles. The molecule has 0 spiro atoms. The molecule has 0 radical (unpaired) electrons. The number of aromatic amines is 1. The van der Waals surface area contributed by atoms with Crippen LogP contribution in [-0.2, 0) is 4.79 Å². The monoisotopic (exact) mass is 372 g/mol. The van der Waals surface area contributed by atoms with Crippen LogP contribution >= 0.6 is 11.8 Å². The molecule has 0 aliphatic heterocycles. The molecule has 3 rings (SSSR count). The molecule has 26 heavy (non-hydrogen) atoms. The maximum atomic E-state index is 12.9. The number of fused-ring (bicyclic) bond motifs is 1. The molecular formula is C17H20N6O2S. The molecule has 9 heteroatoms. The van der Waals surface area contributed by atoms with E-state index < -0.39 is 0 Å². The van der Waals surface area contributed by atoms with Crippen LogP contribution in [0.5, 0.6) is 0 Å². The third-order valence-corrected chi connectivity index (χ3v) is 5.02. The Balaban J connectivity index is 1.93. The Morgan fingerprint density at radius 1 is 1.31 bits per heavy atom. The zero-order valence-electron chi connectivity index (χ0n) is 14.8. The number of carbonyl (C=O) groups excluding carboxylic acids is 1. The molecular weight excluding hydrogens is 352 g/mol. The number of aromatic nitrogens is 5. The SMILES string of the molecule is CC(C)[C@@H](C)NC(=O)CSc1nc2ccccc2c(=O)n1-c1ncn[nH]1. The fourth-order valence-electron chi connectivity index (χ4n) is 2.30. The zero-order valence-corrected chi connectivity index (χ0v) is 15.6. The number of hydrogen-bond donors (Lipinski definition) is 2. The lowest BCUT2D eigenvalue weighted by atomic mass is 10.1. The fraction of sp³-hybridized carbons (Fsp3) is 0.353. The fourth-order valence-corrected chi connectivity index (χ4v) is 3.10. The summed E-state index contributed by atoms with van der Waals surface area (Å²) >= 11 is 1.19. The van der Waals surface area contributed by atoms with Crippen molar-refractivity contribution in [3.8, 4) is 5.95 Å². The van der Waals surface area contributed by atoms with Crippen molar-refractivity contribution in [1.82, 2.24) is 30.0 Å². The summed E-state index contributed by atoms with van der Waals surface area (Å²) in [6, 6.07) is 7.15. The summed E-state index contributed by atoms with van der Waals surface area (Å²) in [7, 11) is 0. The highest BCUT2D eigenvalue weighted by molar-refractivity contribution is 7.99. The minimum Gasteiger partial charge on any atom is -0.353 e. The van der Waals surface area contributed by atoms with Crippen molar-refractivity contribution in [3.05, 3.63) is 40.9 Å². The highest BCUT2D eigenvalue weighted by Crippen LogP contribution is 2.19. The Morgan fingerprint density at radius 3 is 2.77 bits per heavy atom. The van der Waals surface area contributed by atoms with Gasteiger partial charge in [0.25, 0.3) is 5.56 Å². The molecule has 1 aromatic carbocycles. The van der Waals surface area contributed by atoms with Gasteiger partial charge in [0.2, 0.25) is 11.9 Å². The summed E-state index contributed by atoms with van der Waals surface area (Å²) < 4.78 is 1.35. The van der Waals surface area contributed by atoms with Gasteiger partial charge in [-0.15, -0.1) is 0 Å². The first-order valence-electron chi connectivity index (χ1n) is 8.27. The quantitative estimate of drug-likeness (QED) is 0.504. The molecule has 136 valence electrons. The number of para-hydroxylation sites is 1. The van der Waals surface area contributed by atoms with Crippen LogP contribution in [0.1, 0.15) is 20.8 Å². The van der Waals surface area contributed by atoms with Crippen molar-refractivity contribution in [2.24, 2.45) is 5.92 Å².